The molecule has 0 spiro atoms. The fourth-order valence-electron chi connectivity index (χ4n) is 4.71. The number of hydrogen-bond donors (Lipinski definition) is 13. The molecule has 43 heavy (non-hydrogen) atoms. The van der Waals surface area contributed by atoms with Gasteiger partial charge in [0.1, 0.15) is 67.1 Å². The Hall–Kier alpha value is -1.99. The van der Waals surface area contributed by atoms with Crippen molar-refractivity contribution in [2.45, 2.75) is 105 Å². The van der Waals surface area contributed by atoms with Gasteiger partial charge in [0.15, 0.2) is 12.6 Å². The van der Waals surface area contributed by atoms with Gasteiger partial charge in [0.25, 0.3) is 5.79 Å². The molecule has 0 radical (unpaired) electrons. The topological polar surface area (TPSA) is 343 Å². The van der Waals surface area contributed by atoms with Crippen molar-refractivity contribution in [1.29, 1.82) is 0 Å². The maximum absolute atomic E-state index is 12.5. The van der Waals surface area contributed by atoms with Crippen LogP contribution in [0.4, 0.5) is 0 Å². The molecule has 0 aromatic rings. The minimum Gasteiger partial charge on any atom is -0.477 e. The molecule has 15 atom stereocenters. The zero-order valence-corrected chi connectivity index (χ0v) is 22.7. The van der Waals surface area contributed by atoms with E-state index in [0.29, 0.717) is 0 Å². The van der Waals surface area contributed by atoms with Gasteiger partial charge in [-0.1, -0.05) is 0 Å². The second-order valence-electron chi connectivity index (χ2n) is 10.1. The Bertz CT molecular complexity index is 927. The van der Waals surface area contributed by atoms with E-state index in [9.17, 15) is 75.7 Å². The lowest BCUT2D eigenvalue weighted by atomic mass is 9.88. The molecular weight excluding hydrogens is 594 g/mol. The Labute approximate surface area is 243 Å². The SMILES string of the molecule is CC(=O)N[C@H]1[C@H]([C@H](O)[C@H](O)CO)O[C@@](O[C@H]2[C@@H](O)[C@@H](CO)O[C@@H](OC([C@H](O)CO)[C@H](O)[C@@H](O)C=O)[C@@H]2O)(C(=O)O)C[C@@H]1O. The summed E-state index contributed by atoms with van der Waals surface area (Å²) in [6.45, 7) is -2.18. The van der Waals surface area contributed by atoms with E-state index in [1.54, 1.807) is 0 Å². The molecule has 1 amide bonds. The molecule has 0 bridgehead atoms. The monoisotopic (exact) mass is 633 g/mol. The van der Waals surface area contributed by atoms with Crippen LogP contribution >= 0.6 is 0 Å². The van der Waals surface area contributed by atoms with Gasteiger partial charge in [-0.2, -0.15) is 0 Å². The van der Waals surface area contributed by atoms with E-state index < -0.39 is 129 Å². The molecule has 2 aliphatic heterocycles. The van der Waals surface area contributed by atoms with E-state index in [1.165, 1.54) is 0 Å². The number of amides is 1. The van der Waals surface area contributed by atoms with Crippen LogP contribution in [0.1, 0.15) is 13.3 Å². The van der Waals surface area contributed by atoms with Gasteiger partial charge in [-0.15, -0.1) is 0 Å². The predicted molar refractivity (Wildman–Crippen MR) is 131 cm³/mol. The zero-order valence-electron chi connectivity index (χ0n) is 22.7. The highest BCUT2D eigenvalue weighted by Gasteiger charge is 2.59. The number of ether oxygens (including phenoxy) is 4. The molecule has 250 valence electrons. The largest absolute Gasteiger partial charge is 0.477 e. The van der Waals surface area contributed by atoms with Crippen molar-refractivity contribution >= 4 is 18.2 Å². The number of aliphatic carboxylic acids is 1. The summed E-state index contributed by atoms with van der Waals surface area (Å²) in [6, 6.07) is -1.57. The molecule has 2 rings (SSSR count). The van der Waals surface area contributed by atoms with Gasteiger partial charge in [0, 0.05) is 13.3 Å². The molecule has 2 aliphatic rings. The number of rotatable bonds is 15. The van der Waals surface area contributed by atoms with Crippen LogP contribution < -0.4 is 5.32 Å². The molecule has 2 heterocycles. The fraction of sp³-hybridized carbons (Fsp3) is 0.870. The van der Waals surface area contributed by atoms with Crippen molar-refractivity contribution in [3.8, 4) is 0 Å². The second-order valence-corrected chi connectivity index (χ2v) is 10.1. The van der Waals surface area contributed by atoms with Crippen LogP contribution in [0.2, 0.25) is 0 Å². The fourth-order valence-corrected chi connectivity index (χ4v) is 4.71. The Morgan fingerprint density at radius 3 is 2.12 bits per heavy atom. The second kappa shape index (κ2) is 15.8. The van der Waals surface area contributed by atoms with Gasteiger partial charge < -0.3 is 90.3 Å². The third kappa shape index (κ3) is 8.39. The molecule has 2 saturated heterocycles. The van der Waals surface area contributed by atoms with Crippen molar-refractivity contribution < 1.29 is 94.6 Å². The number of carbonyl (C=O) groups is 3. The summed E-state index contributed by atoms with van der Waals surface area (Å²) in [5.74, 6) is -5.85. The van der Waals surface area contributed by atoms with Gasteiger partial charge >= 0.3 is 5.97 Å². The smallest absolute Gasteiger partial charge is 0.364 e. The molecule has 1 unspecified atom stereocenters. The lowest BCUT2D eigenvalue weighted by Gasteiger charge is -2.50. The lowest BCUT2D eigenvalue weighted by molar-refractivity contribution is -0.377. The van der Waals surface area contributed by atoms with Crippen LogP contribution in [0.3, 0.4) is 0 Å². The van der Waals surface area contributed by atoms with Crippen LogP contribution in [0, 0.1) is 0 Å². The van der Waals surface area contributed by atoms with Crippen LogP contribution in [0.5, 0.6) is 0 Å². The highest BCUT2D eigenvalue weighted by molar-refractivity contribution is 5.76. The van der Waals surface area contributed by atoms with Gasteiger partial charge in [0.2, 0.25) is 5.91 Å². The maximum atomic E-state index is 12.5. The summed E-state index contributed by atoms with van der Waals surface area (Å²) in [7, 11) is 0. The minimum atomic E-state index is -3.07. The van der Waals surface area contributed by atoms with Gasteiger partial charge in [-0.25, -0.2) is 4.79 Å². The first-order valence-corrected chi connectivity index (χ1v) is 13.0. The van der Waals surface area contributed by atoms with Crippen LogP contribution in [0.15, 0.2) is 0 Å². The number of hydrogen-bond acceptors (Lipinski definition) is 18. The van der Waals surface area contributed by atoms with Gasteiger partial charge in [0.05, 0.1) is 32.0 Å². The van der Waals surface area contributed by atoms with Crippen LogP contribution in [-0.4, -0.2) is 191 Å². The quantitative estimate of drug-likeness (QED) is 0.0744. The van der Waals surface area contributed by atoms with Crippen LogP contribution in [0.25, 0.3) is 0 Å². The molecular formula is C23H39NO19. The van der Waals surface area contributed by atoms with E-state index in [-0.39, 0.29) is 6.29 Å². The normalized spacial score (nSPS) is 37.4. The number of aliphatic hydroxyl groups excluding tert-OH is 11. The molecule has 2 fully saturated rings. The summed E-state index contributed by atoms with van der Waals surface area (Å²) in [6.07, 6.45) is -28.0. The molecule has 20 nitrogen and oxygen atoms in total. The summed E-state index contributed by atoms with van der Waals surface area (Å²) in [4.78, 5) is 35.2. The minimum absolute atomic E-state index is 0.134. The molecule has 0 aromatic carbocycles. The first-order chi connectivity index (χ1) is 20.1. The Morgan fingerprint density at radius 2 is 1.63 bits per heavy atom. The molecule has 0 aliphatic carbocycles. The van der Waals surface area contributed by atoms with Crippen molar-refractivity contribution in [2.24, 2.45) is 0 Å². The number of carbonyl (C=O) groups excluding carboxylic acids is 2. The third-order valence-electron chi connectivity index (χ3n) is 7.02. The van der Waals surface area contributed by atoms with Crippen molar-refractivity contribution in [1.82, 2.24) is 5.32 Å². The first-order valence-electron chi connectivity index (χ1n) is 13.0. The average molecular weight is 634 g/mol. The van der Waals surface area contributed by atoms with Crippen molar-refractivity contribution in [3.63, 3.8) is 0 Å². The number of carboxylic acids is 1. The standard InChI is InChI=1S/C23H39NO19/c1-7(29)24-13-8(30)2-23(22(38)39,42-19(13)15(35)10(32)4-26)43-20-16(36)12(6-28)40-21(17(20)37)41-18(11(33)5-27)14(34)9(31)3-25/h3,8-21,26-28,30-37H,2,4-6H2,1H3,(H,24,29)(H,38,39)/t8-,9-,10+,11+,12+,13+,14+,15+,16-,17+,18?,19+,20-,21-,23-/m0/s1. The lowest BCUT2D eigenvalue weighted by Crippen LogP contribution is -2.70. The molecule has 20 heteroatoms. The predicted octanol–water partition coefficient (Wildman–Crippen LogP) is -8.38. The third-order valence-corrected chi connectivity index (χ3v) is 7.02. The van der Waals surface area contributed by atoms with E-state index >= 15 is 0 Å². The highest BCUT2D eigenvalue weighted by atomic mass is 16.8. The Morgan fingerprint density at radius 1 is 1.02 bits per heavy atom. The van der Waals surface area contributed by atoms with E-state index in [0.717, 1.165) is 6.92 Å². The summed E-state index contributed by atoms with van der Waals surface area (Å²) >= 11 is 0. The average Bonchev–Trinajstić information content (AvgIpc) is 2.97. The zero-order chi connectivity index (χ0) is 32.8. The van der Waals surface area contributed by atoms with Gasteiger partial charge in [-0.05, 0) is 0 Å². The Balaban J connectivity index is 2.49. The van der Waals surface area contributed by atoms with E-state index in [4.69, 9.17) is 18.9 Å². The number of nitrogens with one attached hydrogen (secondary N) is 1. The summed E-state index contributed by atoms with van der Waals surface area (Å²) in [5, 5.41) is 124. The van der Waals surface area contributed by atoms with E-state index in [2.05, 4.69) is 5.32 Å². The molecule has 0 aromatic heterocycles. The van der Waals surface area contributed by atoms with Crippen LogP contribution in [-0.2, 0) is 33.3 Å². The van der Waals surface area contributed by atoms with Gasteiger partial charge in [-0.3, -0.25) is 4.79 Å². The maximum Gasteiger partial charge on any atom is 0.364 e. The summed E-state index contributed by atoms with van der Waals surface area (Å²) < 4.78 is 21.5. The first kappa shape index (κ1) is 37.2. The highest BCUT2D eigenvalue weighted by Crippen LogP contribution is 2.37. The summed E-state index contributed by atoms with van der Waals surface area (Å²) in [5.41, 5.74) is 0. The van der Waals surface area contributed by atoms with E-state index in [1.807, 2.05) is 0 Å². The number of aldehydes is 1. The van der Waals surface area contributed by atoms with Crippen molar-refractivity contribution in [3.05, 3.63) is 0 Å². The molecule has 0 saturated carbocycles. The number of carboxylic acid groups (broad SMARTS) is 1. The molecule has 13 N–H and O–H groups in total. The number of aliphatic hydroxyl groups is 11. The Kier molecular flexibility index (Phi) is 13.7. The van der Waals surface area contributed by atoms with Crippen molar-refractivity contribution in [2.75, 3.05) is 19.8 Å².